The van der Waals surface area contributed by atoms with Gasteiger partial charge in [-0.2, -0.15) is 5.26 Å². The molecule has 0 saturated heterocycles. The van der Waals surface area contributed by atoms with Gasteiger partial charge in [0.05, 0.1) is 45.6 Å². The van der Waals surface area contributed by atoms with Gasteiger partial charge in [0.15, 0.2) is 0 Å². The summed E-state index contributed by atoms with van der Waals surface area (Å²) in [5.41, 5.74) is 15.5. The van der Waals surface area contributed by atoms with Crippen LogP contribution < -0.4 is 0 Å². The van der Waals surface area contributed by atoms with Crippen molar-refractivity contribution in [3.05, 3.63) is 214 Å². The third kappa shape index (κ3) is 5.83. The predicted octanol–water partition coefficient (Wildman–Crippen LogP) is 10.4. The first-order valence-electron chi connectivity index (χ1n) is 17.1. The van der Waals surface area contributed by atoms with Crippen molar-refractivity contribution in [2.45, 2.75) is 5.75 Å². The fraction of sp³-hybridized carbons (Fsp3) is 0.0217. The van der Waals surface area contributed by atoms with E-state index in [4.69, 9.17) is 20.0 Å². The minimum atomic E-state index is 0.590. The summed E-state index contributed by atoms with van der Waals surface area (Å²) in [6.07, 6.45) is 16.7. The van der Waals surface area contributed by atoms with Gasteiger partial charge in [-0.25, -0.2) is 20.0 Å². The first-order valence-corrected chi connectivity index (χ1v) is 18.0. The highest BCUT2D eigenvalue weighted by Gasteiger charge is 2.27. The minimum absolute atomic E-state index is 0.590. The molecule has 0 unspecified atom stereocenters. The van der Waals surface area contributed by atoms with E-state index in [9.17, 15) is 5.26 Å². The molecule has 52 heavy (non-hydrogen) atoms. The van der Waals surface area contributed by atoms with Crippen molar-refractivity contribution < 1.29 is 0 Å². The molecule has 0 atom stereocenters. The van der Waals surface area contributed by atoms with Crippen LogP contribution in [0.3, 0.4) is 0 Å². The Morgan fingerprint density at radius 3 is 1.12 bits per heavy atom. The van der Waals surface area contributed by atoms with E-state index in [0.717, 1.165) is 95.7 Å². The van der Waals surface area contributed by atoms with E-state index in [1.807, 2.05) is 48.5 Å². The number of allylic oxidation sites excluding steroid dienone is 12. The topological polar surface area (TPSA) is 73.2 Å². The molecule has 0 N–H and O–H groups in total. The Labute approximate surface area is 306 Å². The molecule has 0 saturated carbocycles. The third-order valence-corrected chi connectivity index (χ3v) is 9.92. The number of thiocyanates is 1. The van der Waals surface area contributed by atoms with E-state index in [0.29, 0.717) is 5.75 Å². The van der Waals surface area contributed by atoms with Crippen LogP contribution in [-0.2, 0) is 5.75 Å². The monoisotopic (exact) mass is 683 g/mol. The Morgan fingerprint density at radius 2 is 0.750 bits per heavy atom. The van der Waals surface area contributed by atoms with E-state index in [1.165, 1.54) is 11.8 Å². The quantitative estimate of drug-likeness (QED) is 0.190. The van der Waals surface area contributed by atoms with Crippen LogP contribution in [0.1, 0.15) is 27.8 Å². The Hall–Kier alpha value is -6.68. The lowest BCUT2D eigenvalue weighted by Gasteiger charge is -2.13. The molecule has 5 heterocycles. The summed E-state index contributed by atoms with van der Waals surface area (Å²) >= 11 is 1.23. The molecule has 0 aromatic heterocycles. The fourth-order valence-corrected chi connectivity index (χ4v) is 7.43. The number of fused-ring (bicyclic) bond motifs is 4. The highest BCUT2D eigenvalue weighted by atomic mass is 32.2. The summed E-state index contributed by atoms with van der Waals surface area (Å²) in [5.74, 6) is 0.590. The molecule has 4 aromatic carbocycles. The van der Waals surface area contributed by atoms with E-state index in [-0.39, 0.29) is 0 Å². The van der Waals surface area contributed by atoms with Crippen LogP contribution in [0.2, 0.25) is 0 Å². The highest BCUT2D eigenvalue weighted by molar-refractivity contribution is 8.02. The van der Waals surface area contributed by atoms with Crippen LogP contribution in [0, 0.1) is 10.7 Å². The summed E-state index contributed by atoms with van der Waals surface area (Å²) in [7, 11) is 0. The van der Waals surface area contributed by atoms with Gasteiger partial charge in [0, 0.05) is 28.0 Å². The Bertz CT molecular complexity index is 2540. The van der Waals surface area contributed by atoms with Crippen molar-refractivity contribution in [3.8, 4) is 5.40 Å². The predicted molar refractivity (Wildman–Crippen MR) is 217 cm³/mol. The van der Waals surface area contributed by atoms with Gasteiger partial charge in [0.2, 0.25) is 0 Å². The van der Waals surface area contributed by atoms with Crippen molar-refractivity contribution in [3.63, 3.8) is 0 Å². The van der Waals surface area contributed by atoms with E-state index < -0.39 is 0 Å². The van der Waals surface area contributed by atoms with Gasteiger partial charge in [-0.1, -0.05) is 115 Å². The van der Waals surface area contributed by atoms with Gasteiger partial charge in [0.1, 0.15) is 5.40 Å². The molecule has 244 valence electrons. The van der Waals surface area contributed by atoms with Crippen LogP contribution in [0.15, 0.2) is 207 Å². The molecule has 5 nitrogen and oxygen atoms in total. The lowest BCUT2D eigenvalue weighted by atomic mass is 9.97. The summed E-state index contributed by atoms with van der Waals surface area (Å²) in [4.78, 5) is 21.3. The average molecular weight is 684 g/mol. The van der Waals surface area contributed by atoms with Crippen LogP contribution in [0.5, 0.6) is 0 Å². The molecule has 9 rings (SSSR count). The molecular weight excluding hydrogens is 655 g/mol. The van der Waals surface area contributed by atoms with Crippen molar-refractivity contribution in [2.24, 2.45) is 20.0 Å². The zero-order chi connectivity index (χ0) is 34.9. The Balaban J connectivity index is 1.35. The Kier molecular flexibility index (Phi) is 8.16. The maximum absolute atomic E-state index is 9.28. The second-order valence-corrected chi connectivity index (χ2v) is 13.3. The summed E-state index contributed by atoms with van der Waals surface area (Å²) in [6, 6.07) is 39.3. The molecule has 5 aliphatic rings. The number of hydrogen-bond donors (Lipinski definition) is 0. The third-order valence-electron chi connectivity index (χ3n) is 9.32. The van der Waals surface area contributed by atoms with Gasteiger partial charge in [0.25, 0.3) is 0 Å². The summed E-state index contributed by atoms with van der Waals surface area (Å²) in [6.45, 7) is 0. The molecule has 4 aromatic rings. The van der Waals surface area contributed by atoms with Crippen molar-refractivity contribution in [1.29, 1.82) is 5.26 Å². The van der Waals surface area contributed by atoms with E-state index >= 15 is 0 Å². The molecule has 5 aliphatic heterocycles. The van der Waals surface area contributed by atoms with Crippen LogP contribution in [0.4, 0.5) is 0 Å². The average Bonchev–Trinajstić information content (AvgIpc) is 4.03. The Morgan fingerprint density at radius 1 is 0.404 bits per heavy atom. The molecular formula is C46H29N5S. The largest absolute Gasteiger partial charge is 0.248 e. The zero-order valence-electron chi connectivity index (χ0n) is 27.9. The van der Waals surface area contributed by atoms with Gasteiger partial charge in [-0.05, 0) is 88.2 Å². The number of rotatable bonds is 6. The summed E-state index contributed by atoms with van der Waals surface area (Å²) < 4.78 is 0. The number of nitriles is 1. The fourth-order valence-electron chi connectivity index (χ4n) is 7.02. The van der Waals surface area contributed by atoms with Gasteiger partial charge < -0.3 is 0 Å². The lowest BCUT2D eigenvalue weighted by Crippen LogP contribution is -2.03. The smallest absolute Gasteiger partial charge is 0.133 e. The number of benzene rings is 4. The SMILES string of the molecule is N#CSCc1cccc(C2=C3C=CC(=N3)C(c3ccccc3)=C3C=CC(=N3)C(c3ccccc3)=C3C=CC(=N3)C(c3ccccc3)=C3C=CC2=N3)c1. The number of thioether (sulfide) groups is 1. The first-order chi connectivity index (χ1) is 25.7. The van der Waals surface area contributed by atoms with Gasteiger partial charge in [-0.3, -0.25) is 0 Å². The highest BCUT2D eigenvalue weighted by Crippen LogP contribution is 2.38. The van der Waals surface area contributed by atoms with Crippen LogP contribution in [-0.4, -0.2) is 22.8 Å². The van der Waals surface area contributed by atoms with Crippen molar-refractivity contribution in [1.82, 2.24) is 0 Å². The molecule has 0 spiro atoms. The zero-order valence-corrected chi connectivity index (χ0v) is 28.8. The van der Waals surface area contributed by atoms with Gasteiger partial charge >= 0.3 is 0 Å². The molecule has 8 bridgehead atoms. The maximum atomic E-state index is 9.28. The first kappa shape index (κ1) is 31.3. The standard InChI is InChI=1S/C46H29N5S/c47-29-52-28-30-11-10-18-34(27-30)46-41-25-23-39(50-41)44(32-14-6-2-7-15-32)37-21-19-35(48-37)43(31-12-4-1-5-13-31)36-20-22-38(49-36)45(33-16-8-3-9-17-33)40-24-26-42(46)51-40/h1-27H,28H2. The number of nitrogens with zero attached hydrogens (tertiary/aromatic N) is 5. The molecule has 0 fully saturated rings. The normalized spacial score (nSPS) is 17.2. The van der Waals surface area contributed by atoms with Crippen molar-refractivity contribution in [2.75, 3.05) is 0 Å². The lowest BCUT2D eigenvalue weighted by molar-refractivity contribution is 1.38. The second kappa shape index (κ2) is 13.6. The van der Waals surface area contributed by atoms with Crippen LogP contribution in [0.25, 0.3) is 22.3 Å². The molecule has 0 radical (unpaired) electrons. The van der Waals surface area contributed by atoms with Crippen LogP contribution >= 0.6 is 11.8 Å². The van der Waals surface area contributed by atoms with E-state index in [2.05, 4.69) is 121 Å². The molecule has 0 amide bonds. The van der Waals surface area contributed by atoms with E-state index in [1.54, 1.807) is 0 Å². The second-order valence-electron chi connectivity index (χ2n) is 12.5. The van der Waals surface area contributed by atoms with Crippen molar-refractivity contribution >= 4 is 56.9 Å². The van der Waals surface area contributed by atoms with Gasteiger partial charge in [-0.15, -0.1) is 0 Å². The maximum Gasteiger partial charge on any atom is 0.133 e. The summed E-state index contributed by atoms with van der Waals surface area (Å²) in [5, 5.41) is 11.5. The number of aliphatic imine (C=N–C) groups is 4. The molecule has 6 heteroatoms. The number of hydrogen-bond acceptors (Lipinski definition) is 6. The molecule has 0 aliphatic carbocycles. The minimum Gasteiger partial charge on any atom is -0.248 e.